The van der Waals surface area contributed by atoms with Gasteiger partial charge in [0, 0.05) is 23.3 Å². The fourth-order valence-corrected chi connectivity index (χ4v) is 3.19. The molecule has 1 aliphatic heterocycles. The average molecular weight is 416 g/mol. The largest absolute Gasteiger partial charge is 0.416 e. The molecule has 0 atom stereocenters. The Morgan fingerprint density at radius 2 is 1.77 bits per heavy atom. The summed E-state index contributed by atoms with van der Waals surface area (Å²) >= 11 is 0. The Morgan fingerprint density at radius 1 is 1.07 bits per heavy atom. The average Bonchev–Trinajstić information content (AvgIpc) is 3.05. The van der Waals surface area contributed by atoms with E-state index in [0.29, 0.717) is 17.3 Å². The fourth-order valence-electron chi connectivity index (χ4n) is 3.19. The number of nitrogens with two attached hydrogens (primary N) is 1. The monoisotopic (exact) mass is 416 g/mol. The van der Waals surface area contributed by atoms with Crippen LogP contribution in [0.15, 0.2) is 66.7 Å². The van der Waals surface area contributed by atoms with Crippen LogP contribution in [0.4, 0.5) is 27.9 Å². The SMILES string of the molecule is C=C=C1C=C(N)Nc2nc(-c3ccc(C(F)(F)F)cc3)c(-c3ccc(F)cc3F)n21. The summed E-state index contributed by atoms with van der Waals surface area (Å²) in [5.41, 5.74) is 8.66. The number of rotatable bonds is 2. The van der Waals surface area contributed by atoms with Crippen LogP contribution in [0, 0.1) is 11.6 Å². The number of hydrogen-bond acceptors (Lipinski definition) is 3. The maximum absolute atomic E-state index is 14.7. The third-order valence-electron chi connectivity index (χ3n) is 4.52. The molecule has 4 nitrogen and oxygen atoms in total. The molecule has 0 radical (unpaired) electrons. The smallest absolute Gasteiger partial charge is 0.385 e. The topological polar surface area (TPSA) is 55.9 Å². The second-order valence-electron chi connectivity index (χ2n) is 6.45. The van der Waals surface area contributed by atoms with E-state index in [9.17, 15) is 22.0 Å². The van der Waals surface area contributed by atoms with Gasteiger partial charge >= 0.3 is 6.18 Å². The molecule has 0 amide bonds. The van der Waals surface area contributed by atoms with Crippen molar-refractivity contribution < 1.29 is 22.0 Å². The molecule has 0 saturated heterocycles. The first-order chi connectivity index (χ1) is 14.2. The van der Waals surface area contributed by atoms with Gasteiger partial charge in [0.1, 0.15) is 17.5 Å². The fraction of sp³-hybridized carbons (Fsp3) is 0.0476. The first-order valence-corrected chi connectivity index (χ1v) is 8.59. The van der Waals surface area contributed by atoms with Crippen LogP contribution in [-0.4, -0.2) is 9.55 Å². The molecular weight excluding hydrogens is 403 g/mol. The molecule has 4 rings (SSSR count). The van der Waals surface area contributed by atoms with Crippen LogP contribution < -0.4 is 11.1 Å². The summed E-state index contributed by atoms with van der Waals surface area (Å²) < 4.78 is 68.4. The number of nitrogens with one attached hydrogen (secondary N) is 1. The van der Waals surface area contributed by atoms with Crippen LogP contribution in [0.1, 0.15) is 5.56 Å². The zero-order valence-electron chi connectivity index (χ0n) is 15.2. The molecule has 30 heavy (non-hydrogen) atoms. The summed E-state index contributed by atoms with van der Waals surface area (Å²) in [6.45, 7) is 3.59. The number of alkyl halides is 3. The molecule has 0 fully saturated rings. The number of allylic oxidation sites excluding steroid dienone is 2. The highest BCUT2D eigenvalue weighted by Crippen LogP contribution is 2.40. The van der Waals surface area contributed by atoms with E-state index in [4.69, 9.17) is 5.73 Å². The molecule has 0 saturated carbocycles. The molecule has 0 unspecified atom stereocenters. The Labute approximate surface area is 167 Å². The summed E-state index contributed by atoms with van der Waals surface area (Å²) in [5, 5.41) is 2.82. The molecule has 0 bridgehead atoms. The summed E-state index contributed by atoms with van der Waals surface area (Å²) in [6.07, 6.45) is -3.01. The van der Waals surface area contributed by atoms with Crippen molar-refractivity contribution in [2.24, 2.45) is 5.73 Å². The minimum Gasteiger partial charge on any atom is -0.385 e. The highest BCUT2D eigenvalue weighted by Gasteiger charge is 2.31. The van der Waals surface area contributed by atoms with Gasteiger partial charge in [0.15, 0.2) is 0 Å². The van der Waals surface area contributed by atoms with Gasteiger partial charge in [-0.25, -0.2) is 13.8 Å². The zero-order chi connectivity index (χ0) is 21.6. The minimum atomic E-state index is -4.50. The van der Waals surface area contributed by atoms with Crippen molar-refractivity contribution in [2.75, 3.05) is 5.32 Å². The number of imidazole rings is 1. The Kier molecular flexibility index (Phi) is 4.47. The predicted octanol–water partition coefficient (Wildman–Crippen LogP) is 5.37. The predicted molar refractivity (Wildman–Crippen MR) is 103 cm³/mol. The van der Waals surface area contributed by atoms with Crippen molar-refractivity contribution in [3.8, 4) is 22.5 Å². The van der Waals surface area contributed by atoms with Crippen LogP contribution in [-0.2, 0) is 6.18 Å². The Morgan fingerprint density at radius 3 is 2.37 bits per heavy atom. The number of benzene rings is 2. The first-order valence-electron chi connectivity index (χ1n) is 8.59. The normalized spacial score (nSPS) is 13.4. The highest BCUT2D eigenvalue weighted by molar-refractivity contribution is 5.87. The van der Waals surface area contributed by atoms with Gasteiger partial charge in [-0.2, -0.15) is 13.2 Å². The number of hydrogen-bond donors (Lipinski definition) is 2. The molecule has 2 heterocycles. The van der Waals surface area contributed by atoms with Crippen molar-refractivity contribution >= 4 is 11.6 Å². The number of aromatic nitrogens is 2. The second-order valence-corrected chi connectivity index (χ2v) is 6.45. The van der Waals surface area contributed by atoms with Gasteiger partial charge in [0.2, 0.25) is 5.95 Å². The lowest BCUT2D eigenvalue weighted by molar-refractivity contribution is -0.137. The van der Waals surface area contributed by atoms with E-state index < -0.39 is 23.4 Å². The summed E-state index contributed by atoms with van der Waals surface area (Å²) in [7, 11) is 0. The van der Waals surface area contributed by atoms with Gasteiger partial charge in [0.05, 0.1) is 22.6 Å². The Balaban J connectivity index is 1.99. The van der Waals surface area contributed by atoms with E-state index >= 15 is 0 Å². The van der Waals surface area contributed by atoms with E-state index in [1.165, 1.54) is 28.8 Å². The van der Waals surface area contributed by atoms with Crippen LogP contribution >= 0.6 is 0 Å². The lowest BCUT2D eigenvalue weighted by Gasteiger charge is -2.18. The van der Waals surface area contributed by atoms with Crippen molar-refractivity contribution in [1.29, 1.82) is 0 Å². The van der Waals surface area contributed by atoms with Gasteiger partial charge in [-0.3, -0.25) is 4.57 Å². The molecule has 0 aliphatic carbocycles. The molecule has 3 N–H and O–H groups in total. The maximum Gasteiger partial charge on any atom is 0.416 e. The van der Waals surface area contributed by atoms with E-state index in [1.54, 1.807) is 0 Å². The van der Waals surface area contributed by atoms with Crippen molar-refractivity contribution in [3.63, 3.8) is 0 Å². The molecule has 1 aromatic heterocycles. The van der Waals surface area contributed by atoms with Gasteiger partial charge in [-0.1, -0.05) is 18.7 Å². The molecule has 3 aromatic rings. The van der Waals surface area contributed by atoms with E-state index in [2.05, 4.69) is 22.6 Å². The molecular formula is C21H13F5N4. The van der Waals surface area contributed by atoms with E-state index in [1.807, 2.05) is 0 Å². The second kappa shape index (κ2) is 6.89. The molecule has 0 spiro atoms. The summed E-state index contributed by atoms with van der Waals surface area (Å²) in [5.74, 6) is -1.22. The highest BCUT2D eigenvalue weighted by atomic mass is 19.4. The maximum atomic E-state index is 14.7. The zero-order valence-corrected chi connectivity index (χ0v) is 15.2. The Bertz CT molecular complexity index is 1230. The van der Waals surface area contributed by atoms with Crippen LogP contribution in [0.2, 0.25) is 0 Å². The standard InChI is InChI=1S/C21H13F5N4/c1-2-14-10-17(27)28-20-29-18(11-3-5-12(6-4-11)21(24,25)26)19(30(14)20)15-8-7-13(22)9-16(15)23/h3-10H,1,27H2,(H,28,29). The lowest BCUT2D eigenvalue weighted by atomic mass is 10.0. The number of nitrogens with zero attached hydrogens (tertiary/aromatic N) is 2. The van der Waals surface area contributed by atoms with E-state index in [0.717, 1.165) is 18.2 Å². The van der Waals surface area contributed by atoms with E-state index in [-0.39, 0.29) is 28.7 Å². The third kappa shape index (κ3) is 3.25. The minimum absolute atomic E-state index is 0.00605. The Hall–Kier alpha value is -3.84. The van der Waals surface area contributed by atoms with Crippen molar-refractivity contribution in [1.82, 2.24) is 9.55 Å². The van der Waals surface area contributed by atoms with Gasteiger partial charge in [-0.15, -0.1) is 5.73 Å². The van der Waals surface area contributed by atoms with Crippen LogP contribution in [0.25, 0.3) is 28.2 Å². The molecule has 1 aliphatic rings. The number of halogens is 5. The molecule has 2 aromatic carbocycles. The van der Waals surface area contributed by atoms with Crippen LogP contribution in [0.3, 0.4) is 0 Å². The number of fused-ring (bicyclic) bond motifs is 1. The van der Waals surface area contributed by atoms with Crippen molar-refractivity contribution in [3.05, 3.63) is 83.9 Å². The summed E-state index contributed by atoms with van der Waals surface area (Å²) in [4.78, 5) is 4.40. The first kappa shape index (κ1) is 19.5. The molecule has 9 heteroatoms. The van der Waals surface area contributed by atoms with Crippen LogP contribution in [0.5, 0.6) is 0 Å². The third-order valence-corrected chi connectivity index (χ3v) is 4.52. The molecule has 152 valence electrons. The van der Waals surface area contributed by atoms with Gasteiger partial charge < -0.3 is 11.1 Å². The van der Waals surface area contributed by atoms with Crippen molar-refractivity contribution in [2.45, 2.75) is 6.18 Å². The number of anilines is 1. The summed E-state index contributed by atoms with van der Waals surface area (Å²) in [6, 6.07) is 7.29. The van der Waals surface area contributed by atoms with Gasteiger partial charge in [-0.05, 0) is 24.3 Å². The quantitative estimate of drug-likeness (QED) is 0.437. The van der Waals surface area contributed by atoms with Gasteiger partial charge in [0.25, 0.3) is 0 Å². The lowest BCUT2D eigenvalue weighted by Crippen LogP contribution is -2.18.